The van der Waals surface area contributed by atoms with E-state index in [1.807, 2.05) is 90.1 Å². The summed E-state index contributed by atoms with van der Waals surface area (Å²) in [5, 5.41) is 15.5. The maximum atomic E-state index is 14.5. The molecule has 1 unspecified atom stereocenters. The average Bonchev–Trinajstić information content (AvgIpc) is 3.74. The van der Waals surface area contributed by atoms with Gasteiger partial charge < -0.3 is 39.8 Å². The summed E-state index contributed by atoms with van der Waals surface area (Å²) in [6.07, 6.45) is -0.179. The Kier molecular flexibility index (Phi) is 20.3. The van der Waals surface area contributed by atoms with Crippen molar-refractivity contribution in [2.24, 2.45) is 23.7 Å². The highest BCUT2D eigenvalue weighted by atomic mass is 16.6. The highest BCUT2D eigenvalue weighted by Crippen LogP contribution is 2.30. The molecule has 1 fully saturated rings. The SMILES string of the molecule is CC[C@H](C)[C@@H]([C@@H](CC(=O)N1CCC[C@H]1[C@H](OC)[C@@H](C)C(=O)NC(Cc1ccccc1)C(=O)O)OC)N(C)C(=O)[C@@H](NC(=O)[C@H](C(C)C)N(C)C(=O)OCc1ccccc1)C(C)C. The third-order valence-corrected chi connectivity index (χ3v) is 12.2. The van der Waals surface area contributed by atoms with Gasteiger partial charge in [0.15, 0.2) is 0 Å². The predicted molar refractivity (Wildman–Crippen MR) is 236 cm³/mol. The first kappa shape index (κ1) is 51.3. The number of carbonyl (C=O) groups is 6. The summed E-state index contributed by atoms with van der Waals surface area (Å²) >= 11 is 0. The number of carbonyl (C=O) groups excluding carboxylic acids is 5. The van der Waals surface area contributed by atoms with E-state index in [0.29, 0.717) is 25.8 Å². The van der Waals surface area contributed by atoms with Gasteiger partial charge in [0, 0.05) is 41.3 Å². The molecule has 1 saturated heterocycles. The number of hydrogen-bond donors (Lipinski definition) is 3. The van der Waals surface area contributed by atoms with Gasteiger partial charge in [-0.3, -0.25) is 24.1 Å². The van der Waals surface area contributed by atoms with Crippen LogP contribution in [-0.4, -0.2) is 133 Å². The van der Waals surface area contributed by atoms with E-state index in [4.69, 9.17) is 14.2 Å². The van der Waals surface area contributed by atoms with E-state index in [-0.39, 0.29) is 49.0 Å². The third kappa shape index (κ3) is 13.7. The van der Waals surface area contributed by atoms with Crippen molar-refractivity contribution < 1.29 is 48.1 Å². The molecule has 9 atom stereocenters. The lowest BCUT2D eigenvalue weighted by molar-refractivity contribution is -0.148. The fourth-order valence-corrected chi connectivity index (χ4v) is 8.49. The quantitative estimate of drug-likeness (QED) is 0.135. The van der Waals surface area contributed by atoms with Crippen LogP contribution in [0, 0.1) is 23.7 Å². The summed E-state index contributed by atoms with van der Waals surface area (Å²) in [5.41, 5.74) is 1.58. The van der Waals surface area contributed by atoms with Gasteiger partial charge in [0.2, 0.25) is 23.6 Å². The van der Waals surface area contributed by atoms with E-state index in [1.165, 1.54) is 26.2 Å². The van der Waals surface area contributed by atoms with Gasteiger partial charge in [-0.1, -0.05) is 116 Å². The normalized spacial score (nSPS) is 17.8. The first-order valence-corrected chi connectivity index (χ1v) is 21.8. The first-order chi connectivity index (χ1) is 29.4. The van der Waals surface area contributed by atoms with Crippen molar-refractivity contribution in [3.8, 4) is 0 Å². The van der Waals surface area contributed by atoms with Crippen molar-refractivity contribution in [2.45, 2.75) is 130 Å². The van der Waals surface area contributed by atoms with Gasteiger partial charge in [0.25, 0.3) is 0 Å². The number of likely N-dealkylation sites (tertiary alicyclic amines) is 1. The lowest BCUT2D eigenvalue weighted by Gasteiger charge is -2.41. The minimum Gasteiger partial charge on any atom is -0.480 e. The zero-order valence-electron chi connectivity index (χ0n) is 38.5. The predicted octanol–water partition coefficient (Wildman–Crippen LogP) is 5.15. The van der Waals surface area contributed by atoms with Crippen molar-refractivity contribution in [3.63, 3.8) is 0 Å². The summed E-state index contributed by atoms with van der Waals surface area (Å²) in [6, 6.07) is 14.2. The van der Waals surface area contributed by atoms with Crippen LogP contribution in [0.4, 0.5) is 4.79 Å². The Morgan fingerprint density at radius 3 is 1.92 bits per heavy atom. The number of ether oxygens (including phenoxy) is 3. The number of hydrogen-bond acceptors (Lipinski definition) is 9. The van der Waals surface area contributed by atoms with Gasteiger partial charge >= 0.3 is 12.1 Å². The van der Waals surface area contributed by atoms with Crippen LogP contribution in [0.3, 0.4) is 0 Å². The Hall–Kier alpha value is -5.02. The number of carboxylic acids is 1. The van der Waals surface area contributed by atoms with Crippen LogP contribution in [0.25, 0.3) is 0 Å². The van der Waals surface area contributed by atoms with Crippen molar-refractivity contribution >= 4 is 35.7 Å². The minimum atomic E-state index is -1.16. The topological polar surface area (TPSA) is 184 Å². The van der Waals surface area contributed by atoms with Gasteiger partial charge in [-0.05, 0) is 41.7 Å². The maximum Gasteiger partial charge on any atom is 0.410 e. The first-order valence-electron chi connectivity index (χ1n) is 21.8. The van der Waals surface area contributed by atoms with Crippen LogP contribution in [0.5, 0.6) is 0 Å². The number of amides is 5. The van der Waals surface area contributed by atoms with Crippen LogP contribution in [-0.2, 0) is 51.2 Å². The van der Waals surface area contributed by atoms with E-state index < -0.39 is 72.2 Å². The maximum absolute atomic E-state index is 14.5. The molecule has 0 spiro atoms. The molecule has 1 heterocycles. The van der Waals surface area contributed by atoms with Crippen molar-refractivity contribution in [1.29, 1.82) is 0 Å². The zero-order chi connectivity index (χ0) is 46.3. The van der Waals surface area contributed by atoms with Gasteiger partial charge in [0.05, 0.1) is 36.6 Å². The molecule has 344 valence electrons. The van der Waals surface area contributed by atoms with Crippen molar-refractivity contribution in [2.75, 3.05) is 34.9 Å². The molecule has 1 aliphatic rings. The molecule has 15 nitrogen and oxygen atoms in total. The van der Waals surface area contributed by atoms with Crippen LogP contribution in [0.1, 0.15) is 85.3 Å². The highest BCUT2D eigenvalue weighted by molar-refractivity contribution is 5.92. The van der Waals surface area contributed by atoms with Crippen molar-refractivity contribution in [3.05, 3.63) is 71.8 Å². The van der Waals surface area contributed by atoms with E-state index in [9.17, 15) is 33.9 Å². The lowest BCUT2D eigenvalue weighted by atomic mass is 9.89. The van der Waals surface area contributed by atoms with E-state index in [1.54, 1.807) is 35.9 Å². The second-order valence-corrected chi connectivity index (χ2v) is 17.2. The molecule has 0 aliphatic carbocycles. The third-order valence-electron chi connectivity index (χ3n) is 12.2. The molecule has 2 aromatic rings. The summed E-state index contributed by atoms with van der Waals surface area (Å²) in [4.78, 5) is 86.2. The monoisotopic (exact) mass is 866 g/mol. The van der Waals surface area contributed by atoms with Crippen LogP contribution < -0.4 is 10.6 Å². The molecule has 2 aromatic carbocycles. The van der Waals surface area contributed by atoms with Crippen molar-refractivity contribution in [1.82, 2.24) is 25.3 Å². The van der Waals surface area contributed by atoms with Crippen LogP contribution in [0.2, 0.25) is 0 Å². The number of carboxylic acid groups (broad SMARTS) is 1. The second-order valence-electron chi connectivity index (χ2n) is 17.2. The Balaban J connectivity index is 1.77. The molecule has 3 rings (SSSR count). The molecule has 0 bridgehead atoms. The lowest BCUT2D eigenvalue weighted by Crippen LogP contribution is -2.60. The fourth-order valence-electron chi connectivity index (χ4n) is 8.49. The van der Waals surface area contributed by atoms with E-state index >= 15 is 0 Å². The number of rotatable bonds is 23. The van der Waals surface area contributed by atoms with Crippen LogP contribution in [0.15, 0.2) is 60.7 Å². The molecule has 15 heteroatoms. The highest BCUT2D eigenvalue weighted by Gasteiger charge is 2.44. The molecule has 5 amide bonds. The van der Waals surface area contributed by atoms with Gasteiger partial charge in [-0.25, -0.2) is 9.59 Å². The minimum absolute atomic E-state index is 0.0424. The summed E-state index contributed by atoms with van der Waals surface area (Å²) in [5.74, 6) is -4.30. The fraction of sp³-hybridized carbons (Fsp3) is 0.617. The molecule has 1 aliphatic heterocycles. The Morgan fingerprint density at radius 2 is 1.40 bits per heavy atom. The summed E-state index contributed by atoms with van der Waals surface area (Å²) in [6.45, 7) is 13.4. The van der Waals surface area contributed by atoms with Gasteiger partial charge in [0.1, 0.15) is 24.7 Å². The Bertz CT molecular complexity index is 1760. The largest absolute Gasteiger partial charge is 0.480 e. The van der Waals surface area contributed by atoms with E-state index in [2.05, 4.69) is 10.6 Å². The number of nitrogens with one attached hydrogen (secondary N) is 2. The number of methoxy groups -OCH3 is 2. The number of likely N-dealkylation sites (N-methyl/N-ethyl adjacent to an activating group) is 2. The molecule has 3 N–H and O–H groups in total. The summed E-state index contributed by atoms with van der Waals surface area (Å²) < 4.78 is 17.4. The number of benzene rings is 2. The molecular weight excluding hydrogens is 795 g/mol. The standard InChI is InChI=1S/C47H71N5O10/c1-12-31(6)41(50(8)45(56)39(29(2)3)49-44(55)40(30(4)5)51(9)47(59)62-28-34-22-17-14-18-23-34)37(60-10)27-38(53)52-25-19-24-36(52)42(61-11)32(7)43(54)48-35(46(57)58)26-33-20-15-13-16-21-33/h13-18,20-23,29-32,35-37,39-42H,12,19,24-28H2,1-11H3,(H,48,54)(H,49,55)(H,57,58)/t31-,32+,35?,36-,37+,39-,40-,41-,42+/m0/s1. The van der Waals surface area contributed by atoms with Gasteiger partial charge in [-0.2, -0.15) is 0 Å². The molecular formula is C47H71N5O10. The van der Waals surface area contributed by atoms with E-state index in [0.717, 1.165) is 11.1 Å². The zero-order valence-corrected chi connectivity index (χ0v) is 38.5. The smallest absolute Gasteiger partial charge is 0.410 e. The number of nitrogens with zero attached hydrogens (tertiary/aromatic N) is 3. The molecule has 0 radical (unpaired) electrons. The Labute approximate surface area is 368 Å². The van der Waals surface area contributed by atoms with Gasteiger partial charge in [-0.15, -0.1) is 0 Å². The average molecular weight is 866 g/mol. The second kappa shape index (κ2) is 24.6. The summed E-state index contributed by atoms with van der Waals surface area (Å²) in [7, 11) is 6.15. The Morgan fingerprint density at radius 1 is 0.806 bits per heavy atom. The molecule has 0 saturated carbocycles. The molecule has 62 heavy (non-hydrogen) atoms. The number of aliphatic carboxylic acids is 1. The van der Waals surface area contributed by atoms with Crippen LogP contribution >= 0.6 is 0 Å². The molecule has 0 aromatic heterocycles.